The molecule has 0 aromatic heterocycles. The first-order chi connectivity index (χ1) is 9.52. The van der Waals surface area contributed by atoms with Gasteiger partial charge in [0.2, 0.25) is 0 Å². The molecule has 0 bridgehead atoms. The van der Waals surface area contributed by atoms with E-state index in [0.717, 1.165) is 12.8 Å². The van der Waals surface area contributed by atoms with Crippen molar-refractivity contribution in [3.8, 4) is 0 Å². The van der Waals surface area contributed by atoms with Crippen molar-refractivity contribution in [2.75, 3.05) is 13.7 Å². The van der Waals surface area contributed by atoms with Crippen molar-refractivity contribution in [1.29, 1.82) is 0 Å². The minimum absolute atomic E-state index is 0.229. The fraction of sp³-hybridized carbons (Fsp3) is 0.429. The largest absolute Gasteiger partial charge is 0.467 e. The van der Waals surface area contributed by atoms with Crippen molar-refractivity contribution >= 4 is 27.8 Å². The van der Waals surface area contributed by atoms with Gasteiger partial charge in [-0.3, -0.25) is 4.79 Å². The highest BCUT2D eigenvalue weighted by atomic mass is 79.9. The maximum absolute atomic E-state index is 13.4. The summed E-state index contributed by atoms with van der Waals surface area (Å²) in [4.78, 5) is 25.7. The van der Waals surface area contributed by atoms with Crippen LogP contribution >= 0.6 is 15.9 Å². The van der Waals surface area contributed by atoms with Crippen LogP contribution in [-0.2, 0) is 9.53 Å². The minimum atomic E-state index is -0.580. The molecule has 2 rings (SSSR count). The molecule has 4 nitrogen and oxygen atoms in total. The molecule has 1 saturated heterocycles. The molecule has 20 heavy (non-hydrogen) atoms. The Balaban J connectivity index is 2.27. The monoisotopic (exact) mass is 343 g/mol. The van der Waals surface area contributed by atoms with Gasteiger partial charge in [-0.2, -0.15) is 0 Å². The Labute approximate surface area is 125 Å². The van der Waals surface area contributed by atoms with Crippen LogP contribution in [0.5, 0.6) is 0 Å². The third-order valence-electron chi connectivity index (χ3n) is 3.35. The number of amides is 1. The summed E-state index contributed by atoms with van der Waals surface area (Å²) in [5.74, 6) is -1.26. The van der Waals surface area contributed by atoms with Crippen molar-refractivity contribution < 1.29 is 18.7 Å². The Morgan fingerprint density at radius 2 is 2.10 bits per heavy atom. The summed E-state index contributed by atoms with van der Waals surface area (Å²) in [7, 11) is 1.30. The molecule has 0 aliphatic carbocycles. The minimum Gasteiger partial charge on any atom is -0.467 e. The number of rotatable bonds is 2. The first-order valence-electron chi connectivity index (χ1n) is 6.38. The summed E-state index contributed by atoms with van der Waals surface area (Å²) in [6, 6.07) is 3.43. The van der Waals surface area contributed by atoms with E-state index in [4.69, 9.17) is 4.74 Å². The highest BCUT2D eigenvalue weighted by molar-refractivity contribution is 9.10. The van der Waals surface area contributed by atoms with Crippen LogP contribution in [0, 0.1) is 5.82 Å². The van der Waals surface area contributed by atoms with Gasteiger partial charge in [0.1, 0.15) is 11.9 Å². The van der Waals surface area contributed by atoms with E-state index in [-0.39, 0.29) is 11.5 Å². The van der Waals surface area contributed by atoms with Gasteiger partial charge >= 0.3 is 5.97 Å². The summed E-state index contributed by atoms with van der Waals surface area (Å²) in [6.45, 7) is 0.479. The average molecular weight is 344 g/mol. The SMILES string of the molecule is COC(=O)[C@@H]1CCCCN1C(=O)c1cc(F)cc(Br)c1. The first-order valence-corrected chi connectivity index (χ1v) is 7.17. The maximum Gasteiger partial charge on any atom is 0.328 e. The van der Waals surface area contributed by atoms with E-state index in [1.807, 2.05) is 0 Å². The van der Waals surface area contributed by atoms with E-state index < -0.39 is 17.8 Å². The number of likely N-dealkylation sites (tertiary alicyclic amines) is 1. The Morgan fingerprint density at radius 1 is 1.35 bits per heavy atom. The molecule has 0 unspecified atom stereocenters. The predicted molar refractivity (Wildman–Crippen MR) is 74.8 cm³/mol. The lowest BCUT2D eigenvalue weighted by Gasteiger charge is -2.33. The number of methoxy groups -OCH3 is 1. The van der Waals surface area contributed by atoms with Gasteiger partial charge in [-0.25, -0.2) is 9.18 Å². The molecule has 108 valence electrons. The van der Waals surface area contributed by atoms with E-state index in [2.05, 4.69) is 15.9 Å². The lowest BCUT2D eigenvalue weighted by atomic mass is 10.0. The molecule has 0 saturated carbocycles. The average Bonchev–Trinajstić information content (AvgIpc) is 2.44. The quantitative estimate of drug-likeness (QED) is 0.775. The highest BCUT2D eigenvalue weighted by Gasteiger charge is 2.33. The second-order valence-electron chi connectivity index (χ2n) is 4.69. The number of carbonyl (C=O) groups is 2. The van der Waals surface area contributed by atoms with Crippen molar-refractivity contribution in [1.82, 2.24) is 4.90 Å². The van der Waals surface area contributed by atoms with Gasteiger partial charge in [0.25, 0.3) is 5.91 Å². The van der Waals surface area contributed by atoms with E-state index in [1.165, 1.54) is 24.1 Å². The van der Waals surface area contributed by atoms with Crippen molar-refractivity contribution in [3.05, 3.63) is 34.1 Å². The molecule has 0 N–H and O–H groups in total. The zero-order chi connectivity index (χ0) is 14.7. The topological polar surface area (TPSA) is 46.6 Å². The Bertz CT molecular complexity index is 515. The number of hydrogen-bond donors (Lipinski definition) is 0. The molecule has 1 aliphatic rings. The maximum atomic E-state index is 13.4. The summed E-state index contributed by atoms with van der Waals surface area (Å²) in [6.07, 6.45) is 2.28. The van der Waals surface area contributed by atoms with Crippen LogP contribution in [-0.4, -0.2) is 36.5 Å². The lowest BCUT2D eigenvalue weighted by Crippen LogP contribution is -2.48. The highest BCUT2D eigenvalue weighted by Crippen LogP contribution is 2.22. The van der Waals surface area contributed by atoms with Crippen LogP contribution < -0.4 is 0 Å². The number of nitrogens with zero attached hydrogens (tertiary/aromatic N) is 1. The number of piperidine rings is 1. The molecule has 1 atom stereocenters. The number of benzene rings is 1. The van der Waals surface area contributed by atoms with E-state index in [0.29, 0.717) is 17.4 Å². The number of ether oxygens (including phenoxy) is 1. The molecule has 6 heteroatoms. The normalized spacial score (nSPS) is 18.8. The van der Waals surface area contributed by atoms with E-state index in [1.54, 1.807) is 6.07 Å². The van der Waals surface area contributed by atoms with Crippen LogP contribution in [0.15, 0.2) is 22.7 Å². The second kappa shape index (κ2) is 6.35. The smallest absolute Gasteiger partial charge is 0.328 e. The summed E-state index contributed by atoms with van der Waals surface area (Å²) >= 11 is 3.16. The third-order valence-corrected chi connectivity index (χ3v) is 3.80. The van der Waals surface area contributed by atoms with Crippen LogP contribution in [0.1, 0.15) is 29.6 Å². The molecule has 1 amide bonds. The number of carbonyl (C=O) groups excluding carboxylic acids is 2. The van der Waals surface area contributed by atoms with Gasteiger partial charge in [0.05, 0.1) is 7.11 Å². The van der Waals surface area contributed by atoms with E-state index in [9.17, 15) is 14.0 Å². The summed E-state index contributed by atoms with van der Waals surface area (Å²) in [5, 5.41) is 0. The van der Waals surface area contributed by atoms with Gasteiger partial charge in [0, 0.05) is 16.6 Å². The Morgan fingerprint density at radius 3 is 2.75 bits per heavy atom. The van der Waals surface area contributed by atoms with Gasteiger partial charge in [-0.1, -0.05) is 15.9 Å². The Kier molecular flexibility index (Phi) is 4.75. The Hall–Kier alpha value is -1.43. The zero-order valence-electron chi connectivity index (χ0n) is 11.1. The van der Waals surface area contributed by atoms with Crippen molar-refractivity contribution in [2.24, 2.45) is 0 Å². The van der Waals surface area contributed by atoms with Gasteiger partial charge < -0.3 is 9.64 Å². The van der Waals surface area contributed by atoms with Crippen molar-refractivity contribution in [2.45, 2.75) is 25.3 Å². The van der Waals surface area contributed by atoms with Gasteiger partial charge in [-0.15, -0.1) is 0 Å². The van der Waals surface area contributed by atoms with Crippen molar-refractivity contribution in [3.63, 3.8) is 0 Å². The second-order valence-corrected chi connectivity index (χ2v) is 5.61. The molecule has 1 aromatic carbocycles. The van der Waals surface area contributed by atoms with Gasteiger partial charge in [-0.05, 0) is 37.5 Å². The van der Waals surface area contributed by atoms with Crippen LogP contribution in [0.3, 0.4) is 0 Å². The van der Waals surface area contributed by atoms with Crippen LogP contribution in [0.25, 0.3) is 0 Å². The number of hydrogen-bond acceptors (Lipinski definition) is 3. The first kappa shape index (κ1) is 15.0. The zero-order valence-corrected chi connectivity index (χ0v) is 12.7. The van der Waals surface area contributed by atoms with Crippen LogP contribution in [0.4, 0.5) is 4.39 Å². The molecule has 0 radical (unpaired) electrons. The van der Waals surface area contributed by atoms with Gasteiger partial charge in [0.15, 0.2) is 0 Å². The lowest BCUT2D eigenvalue weighted by molar-refractivity contribution is -0.147. The third kappa shape index (κ3) is 3.17. The van der Waals surface area contributed by atoms with Crippen LogP contribution in [0.2, 0.25) is 0 Å². The fourth-order valence-corrected chi connectivity index (χ4v) is 2.86. The fourth-order valence-electron chi connectivity index (χ4n) is 2.40. The molecule has 1 aromatic rings. The predicted octanol–water partition coefficient (Wildman–Crippen LogP) is 2.76. The molecular formula is C14H15BrFNO3. The molecule has 1 heterocycles. The van der Waals surface area contributed by atoms with E-state index >= 15 is 0 Å². The summed E-state index contributed by atoms with van der Waals surface area (Å²) < 4.78 is 18.6. The standard InChI is InChI=1S/C14H15BrFNO3/c1-20-14(19)12-4-2-3-5-17(12)13(18)9-6-10(15)8-11(16)7-9/h6-8,12H,2-5H2,1H3/t12-/m0/s1. The molecule has 1 fully saturated rings. The molecule has 1 aliphatic heterocycles. The molecular weight excluding hydrogens is 329 g/mol. The molecule has 0 spiro atoms. The summed E-state index contributed by atoms with van der Waals surface area (Å²) in [5.41, 5.74) is 0.229. The number of halogens is 2. The number of esters is 1.